The third kappa shape index (κ3) is 4.30. The number of nitrogen functional groups attached to an aromatic ring is 1. The number of ether oxygens (including phenoxy) is 1. The molecule has 0 aliphatic rings. The number of benzene rings is 2. The molecule has 22 heavy (non-hydrogen) atoms. The molecular weight excluding hydrogens is 302 g/mol. The number of urea groups is 1. The fraction of sp³-hybridized carbons (Fsp3) is 0.188. The molecule has 0 saturated carbocycles. The van der Waals surface area contributed by atoms with Gasteiger partial charge in [0, 0.05) is 5.69 Å². The van der Waals surface area contributed by atoms with E-state index in [1.54, 1.807) is 18.2 Å². The highest BCUT2D eigenvalue weighted by atomic mass is 35.5. The number of amides is 2. The Morgan fingerprint density at radius 3 is 2.77 bits per heavy atom. The summed E-state index contributed by atoms with van der Waals surface area (Å²) in [6, 6.07) is 12.2. The molecule has 0 aliphatic carbocycles. The Bertz CT molecular complexity index is 662. The van der Waals surface area contributed by atoms with Gasteiger partial charge in [0.2, 0.25) is 0 Å². The first-order valence-corrected chi connectivity index (χ1v) is 7.28. The van der Waals surface area contributed by atoms with Crippen molar-refractivity contribution >= 4 is 29.0 Å². The molecule has 0 radical (unpaired) electrons. The van der Waals surface area contributed by atoms with Gasteiger partial charge in [-0.3, -0.25) is 0 Å². The van der Waals surface area contributed by atoms with E-state index in [2.05, 4.69) is 10.6 Å². The van der Waals surface area contributed by atoms with Gasteiger partial charge in [-0.05, 0) is 36.2 Å². The zero-order valence-electron chi connectivity index (χ0n) is 12.2. The van der Waals surface area contributed by atoms with Gasteiger partial charge in [0.1, 0.15) is 5.75 Å². The predicted molar refractivity (Wildman–Crippen MR) is 89.3 cm³/mol. The van der Waals surface area contributed by atoms with Crippen molar-refractivity contribution in [3.05, 3.63) is 53.1 Å². The quantitative estimate of drug-likeness (QED) is 0.581. The van der Waals surface area contributed by atoms with E-state index in [-0.39, 0.29) is 6.73 Å². The maximum atomic E-state index is 11.8. The van der Waals surface area contributed by atoms with Crippen molar-refractivity contribution in [2.45, 2.75) is 13.3 Å². The molecule has 4 N–H and O–H groups in total. The van der Waals surface area contributed by atoms with E-state index in [1.165, 1.54) is 0 Å². The molecule has 0 aromatic heterocycles. The third-order valence-corrected chi connectivity index (χ3v) is 3.37. The molecule has 0 aliphatic heterocycles. The number of para-hydroxylation sites is 1. The first-order valence-electron chi connectivity index (χ1n) is 6.90. The van der Waals surface area contributed by atoms with Gasteiger partial charge in [-0.15, -0.1) is 0 Å². The van der Waals surface area contributed by atoms with Crippen molar-refractivity contribution in [3.8, 4) is 5.75 Å². The summed E-state index contributed by atoms with van der Waals surface area (Å²) in [5.41, 5.74) is 7.71. The summed E-state index contributed by atoms with van der Waals surface area (Å²) in [7, 11) is 0. The van der Waals surface area contributed by atoms with Gasteiger partial charge in [0.05, 0.1) is 10.7 Å². The molecular formula is C16H18ClN3O2. The van der Waals surface area contributed by atoms with Gasteiger partial charge in [-0.2, -0.15) is 0 Å². The van der Waals surface area contributed by atoms with Crippen LogP contribution < -0.4 is 21.1 Å². The zero-order valence-corrected chi connectivity index (χ0v) is 13.0. The van der Waals surface area contributed by atoms with Gasteiger partial charge in [-0.1, -0.05) is 36.7 Å². The summed E-state index contributed by atoms with van der Waals surface area (Å²) in [5, 5.41) is 5.63. The number of rotatable bonds is 5. The number of nitrogens with two attached hydrogens (primary N) is 1. The molecule has 0 saturated heterocycles. The van der Waals surface area contributed by atoms with Crippen molar-refractivity contribution in [2.75, 3.05) is 17.8 Å². The van der Waals surface area contributed by atoms with Crippen LogP contribution in [-0.2, 0) is 6.42 Å². The highest BCUT2D eigenvalue weighted by Crippen LogP contribution is 2.23. The van der Waals surface area contributed by atoms with E-state index >= 15 is 0 Å². The summed E-state index contributed by atoms with van der Waals surface area (Å²) in [4.78, 5) is 11.8. The Labute approximate surface area is 134 Å². The van der Waals surface area contributed by atoms with Crippen LogP contribution in [0.3, 0.4) is 0 Å². The smallest absolute Gasteiger partial charge is 0.321 e. The monoisotopic (exact) mass is 319 g/mol. The topological polar surface area (TPSA) is 76.4 Å². The predicted octanol–water partition coefficient (Wildman–Crippen LogP) is 3.64. The molecule has 116 valence electrons. The number of nitrogens with one attached hydrogen (secondary N) is 2. The van der Waals surface area contributed by atoms with Crippen LogP contribution in [0.25, 0.3) is 0 Å². The van der Waals surface area contributed by atoms with Crippen LogP contribution in [0, 0.1) is 0 Å². The van der Waals surface area contributed by atoms with Gasteiger partial charge >= 0.3 is 6.03 Å². The Balaban J connectivity index is 1.85. The first kappa shape index (κ1) is 16.0. The molecule has 2 amide bonds. The molecule has 2 aromatic carbocycles. The summed E-state index contributed by atoms with van der Waals surface area (Å²) in [6.07, 6.45) is 0.864. The summed E-state index contributed by atoms with van der Waals surface area (Å²) in [5.74, 6) is 0.760. The third-order valence-electron chi connectivity index (χ3n) is 3.06. The number of aryl methyl sites for hydroxylation is 1. The van der Waals surface area contributed by atoms with Crippen LogP contribution in [0.5, 0.6) is 5.75 Å². The van der Waals surface area contributed by atoms with E-state index in [9.17, 15) is 4.79 Å². The lowest BCUT2D eigenvalue weighted by atomic mass is 10.1. The molecule has 2 aromatic rings. The second-order valence-electron chi connectivity index (χ2n) is 4.62. The van der Waals surface area contributed by atoms with Crippen molar-refractivity contribution < 1.29 is 9.53 Å². The maximum Gasteiger partial charge on any atom is 0.321 e. The Morgan fingerprint density at radius 1 is 1.27 bits per heavy atom. The van der Waals surface area contributed by atoms with Crippen molar-refractivity contribution in [1.82, 2.24) is 5.32 Å². The highest BCUT2D eigenvalue weighted by Gasteiger charge is 2.06. The van der Waals surface area contributed by atoms with Crippen LogP contribution in [0.1, 0.15) is 12.5 Å². The molecule has 0 spiro atoms. The molecule has 0 heterocycles. The zero-order chi connectivity index (χ0) is 15.9. The average molecular weight is 320 g/mol. The molecule has 6 heteroatoms. The largest absolute Gasteiger partial charge is 0.473 e. The van der Waals surface area contributed by atoms with Crippen molar-refractivity contribution in [2.24, 2.45) is 0 Å². The number of halogens is 1. The first-order chi connectivity index (χ1) is 10.6. The number of anilines is 2. The number of hydrogen-bond acceptors (Lipinski definition) is 3. The molecule has 0 atom stereocenters. The minimum Gasteiger partial charge on any atom is -0.473 e. The average Bonchev–Trinajstić information content (AvgIpc) is 2.50. The second-order valence-corrected chi connectivity index (χ2v) is 5.03. The second kappa shape index (κ2) is 7.56. The summed E-state index contributed by atoms with van der Waals surface area (Å²) < 4.78 is 5.56. The van der Waals surface area contributed by atoms with Crippen LogP contribution >= 0.6 is 11.6 Å². The minimum atomic E-state index is -0.402. The van der Waals surface area contributed by atoms with E-state index in [4.69, 9.17) is 22.1 Å². The lowest BCUT2D eigenvalue weighted by molar-refractivity contribution is 0.234. The Morgan fingerprint density at radius 2 is 2.05 bits per heavy atom. The number of carbonyl (C=O) groups is 1. The number of carbonyl (C=O) groups excluding carboxylic acids is 1. The van der Waals surface area contributed by atoms with Gasteiger partial charge < -0.3 is 21.1 Å². The molecule has 0 bridgehead atoms. The lowest BCUT2D eigenvalue weighted by Crippen LogP contribution is -2.32. The summed E-state index contributed by atoms with van der Waals surface area (Å²) >= 11 is 5.99. The Hall–Kier alpha value is -2.40. The SMILES string of the molecule is CCc1ccccc1OCNC(=O)Nc1ccc(N)cc1Cl. The molecule has 0 fully saturated rings. The molecule has 0 unspecified atom stereocenters. The summed E-state index contributed by atoms with van der Waals surface area (Å²) in [6.45, 7) is 2.11. The fourth-order valence-corrected chi connectivity index (χ4v) is 2.15. The fourth-order valence-electron chi connectivity index (χ4n) is 1.92. The normalized spacial score (nSPS) is 10.1. The highest BCUT2D eigenvalue weighted by molar-refractivity contribution is 6.34. The molecule has 2 rings (SSSR count). The van der Waals surface area contributed by atoms with Crippen LogP contribution in [0.4, 0.5) is 16.2 Å². The Kier molecular flexibility index (Phi) is 5.49. The van der Waals surface area contributed by atoms with Crippen molar-refractivity contribution in [1.29, 1.82) is 0 Å². The van der Waals surface area contributed by atoms with Crippen LogP contribution in [0.2, 0.25) is 5.02 Å². The van der Waals surface area contributed by atoms with E-state index < -0.39 is 6.03 Å². The van der Waals surface area contributed by atoms with Gasteiger partial charge in [-0.25, -0.2) is 4.79 Å². The van der Waals surface area contributed by atoms with E-state index in [1.807, 2.05) is 31.2 Å². The maximum absolute atomic E-state index is 11.8. The van der Waals surface area contributed by atoms with E-state index in [0.717, 1.165) is 17.7 Å². The standard InChI is InChI=1S/C16H18ClN3O2/c1-2-11-5-3-4-6-15(11)22-10-19-16(21)20-14-8-7-12(18)9-13(14)17/h3-9H,2,10,18H2,1H3,(H2,19,20,21). The van der Waals surface area contributed by atoms with Crippen LogP contribution in [-0.4, -0.2) is 12.8 Å². The number of hydrogen-bond donors (Lipinski definition) is 3. The molecule has 5 nitrogen and oxygen atoms in total. The van der Waals surface area contributed by atoms with Gasteiger partial charge in [0.25, 0.3) is 0 Å². The van der Waals surface area contributed by atoms with Crippen LogP contribution in [0.15, 0.2) is 42.5 Å². The van der Waals surface area contributed by atoms with E-state index in [0.29, 0.717) is 16.4 Å². The van der Waals surface area contributed by atoms with Crippen molar-refractivity contribution in [3.63, 3.8) is 0 Å². The van der Waals surface area contributed by atoms with Gasteiger partial charge in [0.15, 0.2) is 6.73 Å². The minimum absolute atomic E-state index is 0.0649. The lowest BCUT2D eigenvalue weighted by Gasteiger charge is -2.12.